The second-order valence-corrected chi connectivity index (χ2v) is 11.8. The van der Waals surface area contributed by atoms with Crippen molar-refractivity contribution in [2.45, 2.75) is 72.5 Å². The average Bonchev–Trinajstić information content (AvgIpc) is 3.41. The minimum Gasteiger partial charge on any atom is -0.382 e. The standard InChI is InChI=1S/C32H44N6O6/c1-21-11-13-23(14-12-21)19-34-28(39)25(10-8-9-15-38(6)31(42)24(18-33)17-32(3,4)5)35-30(41)27(20-43-7)36-29(40)26-16-22(2)44-37-26/h11-14,16-17,25,27H,8-10,15,19-20H2,1-7H3,(H,34,39)(H,35,41)(H,36,40)/t25-,27-/m0/s1. The van der Waals surface area contributed by atoms with Gasteiger partial charge >= 0.3 is 0 Å². The van der Waals surface area contributed by atoms with Crippen molar-refractivity contribution in [1.29, 1.82) is 5.26 Å². The predicted molar refractivity (Wildman–Crippen MR) is 164 cm³/mol. The summed E-state index contributed by atoms with van der Waals surface area (Å²) in [4.78, 5) is 53.4. The smallest absolute Gasteiger partial charge is 0.274 e. The van der Waals surface area contributed by atoms with Crippen molar-refractivity contribution >= 4 is 23.6 Å². The first-order valence-corrected chi connectivity index (χ1v) is 14.5. The second-order valence-electron chi connectivity index (χ2n) is 11.8. The fraction of sp³-hybridized carbons (Fsp3) is 0.500. The number of methoxy groups -OCH3 is 1. The summed E-state index contributed by atoms with van der Waals surface area (Å²) >= 11 is 0. The first-order valence-electron chi connectivity index (χ1n) is 14.5. The van der Waals surface area contributed by atoms with E-state index in [2.05, 4.69) is 21.1 Å². The summed E-state index contributed by atoms with van der Waals surface area (Å²) in [5.74, 6) is -1.55. The van der Waals surface area contributed by atoms with E-state index in [9.17, 15) is 24.4 Å². The van der Waals surface area contributed by atoms with Crippen molar-refractivity contribution in [1.82, 2.24) is 26.0 Å². The lowest BCUT2D eigenvalue weighted by molar-refractivity contribution is -0.130. The highest BCUT2D eigenvalue weighted by atomic mass is 16.5. The summed E-state index contributed by atoms with van der Waals surface area (Å²) in [5.41, 5.74) is 1.76. The molecule has 2 atom stereocenters. The maximum atomic E-state index is 13.3. The van der Waals surface area contributed by atoms with Crippen molar-refractivity contribution in [3.8, 4) is 6.07 Å². The minimum absolute atomic E-state index is 0.0133. The van der Waals surface area contributed by atoms with Gasteiger partial charge in [0.05, 0.1) is 6.61 Å². The summed E-state index contributed by atoms with van der Waals surface area (Å²) in [6, 6.07) is 9.12. The number of nitrogens with zero attached hydrogens (tertiary/aromatic N) is 3. The number of rotatable bonds is 15. The van der Waals surface area contributed by atoms with Gasteiger partial charge in [0.15, 0.2) is 5.69 Å². The Morgan fingerprint density at radius 3 is 2.32 bits per heavy atom. The molecular formula is C32H44N6O6. The van der Waals surface area contributed by atoms with E-state index in [0.29, 0.717) is 25.1 Å². The molecule has 4 amide bonds. The second kappa shape index (κ2) is 17.0. The number of allylic oxidation sites excluding steroid dienone is 1. The monoisotopic (exact) mass is 608 g/mol. The molecule has 0 aliphatic heterocycles. The Kier molecular flexibility index (Phi) is 13.8. The molecule has 2 aromatic rings. The number of amides is 4. The first kappa shape index (κ1) is 35.7. The van der Waals surface area contributed by atoms with Gasteiger partial charge in [-0.15, -0.1) is 0 Å². The molecule has 238 valence electrons. The van der Waals surface area contributed by atoms with Crippen LogP contribution in [0, 0.1) is 30.6 Å². The number of benzene rings is 1. The quantitative estimate of drug-likeness (QED) is 0.158. The highest BCUT2D eigenvalue weighted by Gasteiger charge is 2.28. The number of nitrogens with one attached hydrogen (secondary N) is 3. The number of aromatic nitrogens is 1. The molecule has 0 saturated carbocycles. The highest BCUT2D eigenvalue weighted by molar-refractivity contribution is 5.98. The van der Waals surface area contributed by atoms with Crippen LogP contribution in [-0.4, -0.2) is 73.1 Å². The van der Waals surface area contributed by atoms with Crippen LogP contribution in [0.4, 0.5) is 0 Å². The fourth-order valence-corrected chi connectivity index (χ4v) is 4.19. The van der Waals surface area contributed by atoms with E-state index in [1.165, 1.54) is 18.1 Å². The summed E-state index contributed by atoms with van der Waals surface area (Å²) in [5, 5.41) is 21.3. The lowest BCUT2D eigenvalue weighted by Crippen LogP contribution is -2.55. The molecule has 44 heavy (non-hydrogen) atoms. The molecule has 0 saturated heterocycles. The number of nitriles is 1. The first-order chi connectivity index (χ1) is 20.7. The maximum Gasteiger partial charge on any atom is 0.274 e. The topological polar surface area (TPSA) is 167 Å². The van der Waals surface area contributed by atoms with Crippen LogP contribution in [0.15, 0.2) is 46.5 Å². The number of aryl methyl sites for hydroxylation is 2. The van der Waals surface area contributed by atoms with E-state index in [0.717, 1.165) is 11.1 Å². The molecule has 0 unspecified atom stereocenters. The Bertz CT molecular complexity index is 1350. The van der Waals surface area contributed by atoms with Gasteiger partial charge in [-0.25, -0.2) is 0 Å². The van der Waals surface area contributed by atoms with E-state index in [1.807, 2.05) is 58.0 Å². The zero-order chi connectivity index (χ0) is 32.9. The zero-order valence-corrected chi connectivity index (χ0v) is 26.7. The molecule has 12 nitrogen and oxygen atoms in total. The third-order valence-corrected chi connectivity index (χ3v) is 6.55. The van der Waals surface area contributed by atoms with Gasteiger partial charge < -0.3 is 30.1 Å². The van der Waals surface area contributed by atoms with Gasteiger partial charge in [-0.2, -0.15) is 5.26 Å². The molecular weight excluding hydrogens is 564 g/mol. The molecule has 3 N–H and O–H groups in total. The lowest BCUT2D eigenvalue weighted by Gasteiger charge is -2.23. The highest BCUT2D eigenvalue weighted by Crippen LogP contribution is 2.18. The van der Waals surface area contributed by atoms with Gasteiger partial charge in [-0.1, -0.05) is 61.8 Å². The van der Waals surface area contributed by atoms with Crippen LogP contribution < -0.4 is 16.0 Å². The zero-order valence-electron chi connectivity index (χ0n) is 26.7. The van der Waals surface area contributed by atoms with Crippen molar-refractivity contribution < 1.29 is 28.4 Å². The molecule has 0 aliphatic rings. The third kappa shape index (κ3) is 12.0. The molecule has 1 aromatic heterocycles. The van der Waals surface area contributed by atoms with Crippen LogP contribution >= 0.6 is 0 Å². The van der Waals surface area contributed by atoms with Crippen molar-refractivity contribution in [3.63, 3.8) is 0 Å². The van der Waals surface area contributed by atoms with Crippen LogP contribution in [0.3, 0.4) is 0 Å². The van der Waals surface area contributed by atoms with Gasteiger partial charge in [0.25, 0.3) is 11.8 Å². The van der Waals surface area contributed by atoms with Crippen LogP contribution in [0.2, 0.25) is 0 Å². The molecule has 0 fully saturated rings. The number of hydrogen-bond donors (Lipinski definition) is 3. The number of carbonyl (C=O) groups excluding carboxylic acids is 4. The predicted octanol–water partition coefficient (Wildman–Crippen LogP) is 2.96. The molecule has 0 radical (unpaired) electrons. The van der Waals surface area contributed by atoms with E-state index < -0.39 is 29.8 Å². The lowest BCUT2D eigenvalue weighted by atomic mass is 9.93. The summed E-state index contributed by atoms with van der Waals surface area (Å²) in [6.07, 6.45) is 2.93. The average molecular weight is 609 g/mol. The van der Waals surface area contributed by atoms with Crippen molar-refractivity contribution in [3.05, 3.63) is 64.6 Å². The van der Waals surface area contributed by atoms with Crippen LogP contribution in [0.5, 0.6) is 0 Å². The Morgan fingerprint density at radius 1 is 1.07 bits per heavy atom. The van der Waals surface area contributed by atoms with Gasteiger partial charge in [-0.3, -0.25) is 19.2 Å². The van der Waals surface area contributed by atoms with Crippen LogP contribution in [0.25, 0.3) is 0 Å². The summed E-state index contributed by atoms with van der Waals surface area (Å²) in [6.45, 7) is 9.83. The Balaban J connectivity index is 2.09. The number of ether oxygens (including phenoxy) is 1. The fourth-order valence-electron chi connectivity index (χ4n) is 4.19. The SMILES string of the molecule is COC[C@H](NC(=O)c1cc(C)on1)C(=O)N[C@@H](CCCCN(C)C(=O)C(C#N)=CC(C)(C)C)C(=O)NCc1ccc(C)cc1. The van der Waals surface area contributed by atoms with Gasteiger partial charge in [0.2, 0.25) is 11.8 Å². The Labute approximate surface area is 259 Å². The van der Waals surface area contributed by atoms with E-state index in [-0.39, 0.29) is 42.2 Å². The molecule has 0 bridgehead atoms. The van der Waals surface area contributed by atoms with Crippen LogP contribution in [0.1, 0.15) is 67.4 Å². The molecule has 2 rings (SSSR count). The molecule has 12 heteroatoms. The number of likely N-dealkylation sites (N-methyl/N-ethyl adjacent to an activating group) is 1. The van der Waals surface area contributed by atoms with Gasteiger partial charge in [0.1, 0.15) is 29.5 Å². The van der Waals surface area contributed by atoms with Gasteiger partial charge in [0, 0.05) is 33.3 Å². The van der Waals surface area contributed by atoms with E-state index in [1.54, 1.807) is 20.0 Å². The largest absolute Gasteiger partial charge is 0.382 e. The minimum atomic E-state index is -1.10. The van der Waals surface area contributed by atoms with Crippen molar-refractivity contribution in [2.24, 2.45) is 5.41 Å². The van der Waals surface area contributed by atoms with Crippen molar-refractivity contribution in [2.75, 3.05) is 27.3 Å². The molecule has 1 aromatic carbocycles. The number of unbranched alkanes of at least 4 members (excludes halogenated alkanes) is 1. The summed E-state index contributed by atoms with van der Waals surface area (Å²) in [7, 11) is 3.02. The normalized spacial score (nSPS) is 12.9. The van der Waals surface area contributed by atoms with Gasteiger partial charge in [-0.05, 0) is 44.1 Å². The maximum absolute atomic E-state index is 13.3. The Hall–Kier alpha value is -4.50. The van der Waals surface area contributed by atoms with Crippen LogP contribution in [-0.2, 0) is 25.7 Å². The number of carbonyl (C=O) groups is 4. The molecule has 0 spiro atoms. The van der Waals surface area contributed by atoms with E-state index >= 15 is 0 Å². The third-order valence-electron chi connectivity index (χ3n) is 6.55. The molecule has 0 aliphatic carbocycles. The van der Waals surface area contributed by atoms with E-state index in [4.69, 9.17) is 9.26 Å². The molecule has 1 heterocycles. The Morgan fingerprint density at radius 2 is 1.75 bits per heavy atom. The summed E-state index contributed by atoms with van der Waals surface area (Å²) < 4.78 is 10.1. The number of hydrogen-bond acceptors (Lipinski definition) is 8.